The number of carbonyl (C=O) groups is 3. The molecule has 21 heavy (non-hydrogen) atoms. The van der Waals surface area contributed by atoms with Gasteiger partial charge in [-0.15, -0.1) is 0 Å². The van der Waals surface area contributed by atoms with Crippen molar-refractivity contribution in [2.45, 2.75) is 33.1 Å². The van der Waals surface area contributed by atoms with Gasteiger partial charge in [0.05, 0.1) is 7.11 Å². The van der Waals surface area contributed by atoms with Crippen molar-refractivity contribution in [1.82, 2.24) is 10.2 Å². The van der Waals surface area contributed by atoms with Gasteiger partial charge in [-0.05, 0) is 24.7 Å². The first-order chi connectivity index (χ1) is 9.77. The molecule has 2 amide bonds. The maximum atomic E-state index is 11.7. The number of aliphatic carboxylic acids is 1. The molecular formula is C14H26N2O5. The molecule has 0 aromatic heterocycles. The highest BCUT2D eigenvalue weighted by molar-refractivity contribution is 5.80. The van der Waals surface area contributed by atoms with Gasteiger partial charge in [-0.1, -0.05) is 13.8 Å². The highest BCUT2D eigenvalue weighted by Crippen LogP contribution is 2.20. The van der Waals surface area contributed by atoms with Gasteiger partial charge in [0.25, 0.3) is 0 Å². The van der Waals surface area contributed by atoms with E-state index in [1.165, 1.54) is 19.1 Å². The normalized spacial score (nSPS) is 11.9. The molecule has 0 saturated heterocycles. The molecule has 0 bridgehead atoms. The van der Waals surface area contributed by atoms with Crippen LogP contribution in [0.15, 0.2) is 0 Å². The number of carboxylic acids is 1. The molecule has 0 aromatic rings. The fourth-order valence-electron chi connectivity index (χ4n) is 1.95. The number of nitrogens with zero attached hydrogens (tertiary/aromatic N) is 1. The van der Waals surface area contributed by atoms with E-state index in [1.54, 1.807) is 0 Å². The average Bonchev–Trinajstić information content (AvgIpc) is 2.41. The van der Waals surface area contributed by atoms with Crippen LogP contribution < -0.4 is 5.32 Å². The molecule has 7 nitrogen and oxygen atoms in total. The summed E-state index contributed by atoms with van der Waals surface area (Å²) in [7, 11) is 2.78. The van der Waals surface area contributed by atoms with Crippen molar-refractivity contribution >= 4 is 18.0 Å². The van der Waals surface area contributed by atoms with E-state index in [0.29, 0.717) is 25.3 Å². The molecular weight excluding hydrogens is 276 g/mol. The molecule has 1 atom stereocenters. The van der Waals surface area contributed by atoms with E-state index in [1.807, 2.05) is 13.8 Å². The Morgan fingerprint density at radius 2 is 1.86 bits per heavy atom. The van der Waals surface area contributed by atoms with Crippen LogP contribution in [-0.2, 0) is 14.3 Å². The molecule has 0 aromatic carbocycles. The van der Waals surface area contributed by atoms with Crippen LogP contribution in [0.5, 0.6) is 0 Å². The third kappa shape index (κ3) is 8.88. The molecule has 0 aliphatic heterocycles. The Morgan fingerprint density at radius 3 is 2.33 bits per heavy atom. The molecule has 0 radical (unpaired) electrons. The van der Waals surface area contributed by atoms with Crippen LogP contribution in [0.1, 0.15) is 33.1 Å². The van der Waals surface area contributed by atoms with Gasteiger partial charge in [0, 0.05) is 20.0 Å². The number of urea groups is 1. The minimum atomic E-state index is -0.803. The van der Waals surface area contributed by atoms with Gasteiger partial charge in [-0.3, -0.25) is 9.59 Å². The molecule has 1 unspecified atom stereocenters. The van der Waals surface area contributed by atoms with Gasteiger partial charge in [0.1, 0.15) is 6.54 Å². The van der Waals surface area contributed by atoms with Crippen LogP contribution in [-0.4, -0.2) is 55.2 Å². The van der Waals surface area contributed by atoms with E-state index in [4.69, 9.17) is 5.11 Å². The quantitative estimate of drug-likeness (QED) is 0.626. The number of amides is 2. The Hall–Kier alpha value is -1.79. The highest BCUT2D eigenvalue weighted by atomic mass is 16.5. The zero-order valence-electron chi connectivity index (χ0n) is 13.2. The summed E-state index contributed by atoms with van der Waals surface area (Å²) < 4.78 is 4.48. The number of esters is 1. The fraction of sp³-hybridized carbons (Fsp3) is 0.786. The number of nitrogens with one attached hydrogen (secondary N) is 1. The van der Waals surface area contributed by atoms with Gasteiger partial charge in [0.2, 0.25) is 0 Å². The second kappa shape index (κ2) is 10.0. The summed E-state index contributed by atoms with van der Waals surface area (Å²) in [6.07, 6.45) is 1.45. The number of hydrogen-bond acceptors (Lipinski definition) is 4. The summed E-state index contributed by atoms with van der Waals surface area (Å²) >= 11 is 0. The summed E-state index contributed by atoms with van der Waals surface area (Å²) in [5.74, 6) is -0.682. The SMILES string of the molecule is COC(=O)CN(C)C(=O)NCCC(CCC(=O)O)C(C)C. The first-order valence-electron chi connectivity index (χ1n) is 7.05. The molecule has 0 aliphatic carbocycles. The molecule has 7 heteroatoms. The van der Waals surface area contributed by atoms with Crippen LogP contribution in [0.4, 0.5) is 4.79 Å². The molecule has 0 heterocycles. The van der Waals surface area contributed by atoms with Crippen LogP contribution in [0.2, 0.25) is 0 Å². The molecule has 0 saturated carbocycles. The van der Waals surface area contributed by atoms with Crippen molar-refractivity contribution < 1.29 is 24.2 Å². The number of rotatable bonds is 9. The standard InChI is InChI=1S/C14H26N2O5/c1-10(2)11(5-6-12(17)18)7-8-15-14(20)16(3)9-13(19)21-4/h10-11H,5-9H2,1-4H3,(H,15,20)(H,17,18). The van der Waals surface area contributed by atoms with E-state index in [9.17, 15) is 14.4 Å². The lowest BCUT2D eigenvalue weighted by Gasteiger charge is -2.21. The van der Waals surface area contributed by atoms with Crippen LogP contribution in [0.25, 0.3) is 0 Å². The number of likely N-dealkylation sites (N-methyl/N-ethyl adjacent to an activating group) is 1. The summed E-state index contributed by atoms with van der Waals surface area (Å²) in [5.41, 5.74) is 0. The molecule has 2 N–H and O–H groups in total. The number of methoxy groups -OCH3 is 1. The van der Waals surface area contributed by atoms with Gasteiger partial charge < -0.3 is 20.1 Å². The van der Waals surface area contributed by atoms with E-state index in [0.717, 1.165) is 0 Å². The molecule has 122 valence electrons. The van der Waals surface area contributed by atoms with Gasteiger partial charge in [0.15, 0.2) is 0 Å². The predicted molar refractivity (Wildman–Crippen MR) is 77.9 cm³/mol. The smallest absolute Gasteiger partial charge is 0.325 e. The van der Waals surface area contributed by atoms with Crippen LogP contribution in [0.3, 0.4) is 0 Å². The van der Waals surface area contributed by atoms with Crippen molar-refractivity contribution in [2.75, 3.05) is 27.2 Å². The number of carbonyl (C=O) groups excluding carboxylic acids is 2. The van der Waals surface area contributed by atoms with E-state index in [-0.39, 0.29) is 24.9 Å². The lowest BCUT2D eigenvalue weighted by Crippen LogP contribution is -2.41. The second-order valence-corrected chi connectivity index (χ2v) is 5.39. The van der Waals surface area contributed by atoms with Crippen LogP contribution in [0, 0.1) is 11.8 Å². The van der Waals surface area contributed by atoms with Crippen molar-refractivity contribution in [3.05, 3.63) is 0 Å². The fourth-order valence-corrected chi connectivity index (χ4v) is 1.95. The largest absolute Gasteiger partial charge is 0.481 e. The maximum absolute atomic E-state index is 11.7. The predicted octanol–water partition coefficient (Wildman–Crippen LogP) is 1.33. The van der Waals surface area contributed by atoms with Crippen LogP contribution >= 0.6 is 0 Å². The average molecular weight is 302 g/mol. The van der Waals surface area contributed by atoms with E-state index >= 15 is 0 Å². The number of hydrogen-bond donors (Lipinski definition) is 2. The summed E-state index contributed by atoms with van der Waals surface area (Å²) in [5, 5.41) is 11.4. The number of ether oxygens (including phenoxy) is 1. The number of carboxylic acid groups (broad SMARTS) is 1. The molecule has 0 rings (SSSR count). The Bertz CT molecular complexity index is 357. The maximum Gasteiger partial charge on any atom is 0.325 e. The Morgan fingerprint density at radius 1 is 1.24 bits per heavy atom. The zero-order valence-corrected chi connectivity index (χ0v) is 13.2. The second-order valence-electron chi connectivity index (χ2n) is 5.39. The summed E-state index contributed by atoms with van der Waals surface area (Å²) in [6, 6.07) is -0.346. The van der Waals surface area contributed by atoms with Gasteiger partial charge in [-0.2, -0.15) is 0 Å². The lowest BCUT2D eigenvalue weighted by molar-refractivity contribution is -0.141. The Kier molecular flexibility index (Phi) is 9.16. The Balaban J connectivity index is 4.10. The third-order valence-electron chi connectivity index (χ3n) is 3.40. The minimum absolute atomic E-state index is 0.102. The lowest BCUT2D eigenvalue weighted by atomic mass is 9.88. The van der Waals surface area contributed by atoms with E-state index in [2.05, 4.69) is 10.1 Å². The van der Waals surface area contributed by atoms with Crippen molar-refractivity contribution in [3.8, 4) is 0 Å². The zero-order chi connectivity index (χ0) is 16.4. The molecule has 0 spiro atoms. The highest BCUT2D eigenvalue weighted by Gasteiger charge is 2.16. The van der Waals surface area contributed by atoms with Gasteiger partial charge >= 0.3 is 18.0 Å². The summed E-state index contributed by atoms with van der Waals surface area (Å²) in [4.78, 5) is 34.6. The molecule has 0 aliphatic rings. The minimum Gasteiger partial charge on any atom is -0.481 e. The summed E-state index contributed by atoms with van der Waals surface area (Å²) in [6.45, 7) is 4.43. The first kappa shape index (κ1) is 19.2. The monoisotopic (exact) mass is 302 g/mol. The third-order valence-corrected chi connectivity index (χ3v) is 3.40. The van der Waals surface area contributed by atoms with Crippen molar-refractivity contribution in [3.63, 3.8) is 0 Å². The van der Waals surface area contributed by atoms with Crippen molar-refractivity contribution in [1.29, 1.82) is 0 Å². The first-order valence-corrected chi connectivity index (χ1v) is 7.05. The topological polar surface area (TPSA) is 95.9 Å². The molecule has 0 fully saturated rings. The Labute approximate surface area is 125 Å². The van der Waals surface area contributed by atoms with E-state index < -0.39 is 11.9 Å². The van der Waals surface area contributed by atoms with Crippen molar-refractivity contribution in [2.24, 2.45) is 11.8 Å². The van der Waals surface area contributed by atoms with Gasteiger partial charge in [-0.25, -0.2) is 4.79 Å².